The Morgan fingerprint density at radius 2 is 2.22 bits per heavy atom. The van der Waals surface area contributed by atoms with Crippen LogP contribution >= 0.6 is 27.3 Å². The molecule has 7 heteroatoms. The van der Waals surface area contributed by atoms with Crippen LogP contribution in [0.5, 0.6) is 0 Å². The maximum Gasteiger partial charge on any atom is 0.410 e. The lowest BCUT2D eigenvalue weighted by Crippen LogP contribution is -2.45. The molecule has 0 bridgehead atoms. The molecular weight excluding hydrogens is 380 g/mol. The molecule has 0 radical (unpaired) electrons. The van der Waals surface area contributed by atoms with Gasteiger partial charge in [0.1, 0.15) is 10.5 Å². The van der Waals surface area contributed by atoms with Crippen molar-refractivity contribution < 1.29 is 14.3 Å². The Balaban J connectivity index is 1.83. The number of hydrogen-bond acceptors (Lipinski definition) is 4. The Hall–Kier alpha value is -1.08. The summed E-state index contributed by atoms with van der Waals surface area (Å²) in [5.41, 5.74) is -0.482. The number of nitrogens with one attached hydrogen (secondary N) is 1. The first-order valence-electron chi connectivity index (χ1n) is 7.75. The molecule has 5 nitrogen and oxygen atoms in total. The van der Waals surface area contributed by atoms with E-state index in [0.29, 0.717) is 18.0 Å². The minimum atomic E-state index is -0.482. The van der Waals surface area contributed by atoms with Crippen molar-refractivity contribution in [1.29, 1.82) is 0 Å². The Labute approximate surface area is 149 Å². The molecule has 2 heterocycles. The van der Waals surface area contributed by atoms with Crippen LogP contribution in [0.2, 0.25) is 0 Å². The van der Waals surface area contributed by atoms with Gasteiger partial charge in [0, 0.05) is 24.1 Å². The van der Waals surface area contributed by atoms with Crippen molar-refractivity contribution in [3.63, 3.8) is 0 Å². The molecule has 1 fully saturated rings. The first-order chi connectivity index (χ1) is 10.8. The maximum atomic E-state index is 12.1. The average Bonchev–Trinajstić information content (AvgIpc) is 2.89. The summed E-state index contributed by atoms with van der Waals surface area (Å²) in [4.78, 5) is 26.7. The number of piperidine rings is 1. The fourth-order valence-corrected chi connectivity index (χ4v) is 3.96. The van der Waals surface area contributed by atoms with Crippen molar-refractivity contribution >= 4 is 39.3 Å². The van der Waals surface area contributed by atoms with E-state index >= 15 is 0 Å². The molecule has 1 aromatic rings. The molecule has 0 spiro atoms. The highest BCUT2D eigenvalue weighted by Crippen LogP contribution is 2.23. The number of hydrogen-bond donors (Lipinski definition) is 1. The van der Waals surface area contributed by atoms with Crippen LogP contribution in [0.4, 0.5) is 4.79 Å². The molecule has 0 aliphatic carbocycles. The third kappa shape index (κ3) is 5.49. The van der Waals surface area contributed by atoms with Crippen LogP contribution < -0.4 is 5.32 Å². The number of nitrogens with zero attached hydrogens (tertiary/aromatic N) is 1. The predicted molar refractivity (Wildman–Crippen MR) is 94.9 cm³/mol. The number of amides is 2. The number of halogens is 1. The Morgan fingerprint density at radius 3 is 2.83 bits per heavy atom. The normalized spacial score (nSPS) is 18.6. The Bertz CT molecular complexity index is 568. The van der Waals surface area contributed by atoms with Gasteiger partial charge in [-0.3, -0.25) is 4.79 Å². The van der Waals surface area contributed by atoms with E-state index in [1.165, 1.54) is 11.3 Å². The van der Waals surface area contributed by atoms with E-state index in [0.717, 1.165) is 23.9 Å². The molecule has 128 valence electrons. The number of carbonyl (C=O) groups is 2. The number of carbonyl (C=O) groups excluding carboxylic acids is 2. The van der Waals surface area contributed by atoms with Crippen molar-refractivity contribution in [2.45, 2.75) is 39.2 Å². The zero-order valence-electron chi connectivity index (χ0n) is 13.7. The number of rotatable bonds is 3. The van der Waals surface area contributed by atoms with Gasteiger partial charge in [-0.05, 0) is 66.9 Å². The van der Waals surface area contributed by atoms with E-state index in [-0.39, 0.29) is 17.9 Å². The van der Waals surface area contributed by atoms with Gasteiger partial charge < -0.3 is 15.0 Å². The summed E-state index contributed by atoms with van der Waals surface area (Å²) in [6.45, 7) is 7.52. The second kappa shape index (κ2) is 7.66. The number of likely N-dealkylation sites (tertiary alicyclic amines) is 1. The van der Waals surface area contributed by atoms with Gasteiger partial charge in [0.25, 0.3) is 5.91 Å². The van der Waals surface area contributed by atoms with Gasteiger partial charge >= 0.3 is 6.09 Å². The summed E-state index contributed by atoms with van der Waals surface area (Å²) in [5.74, 6) is 0.195. The SMILES string of the molecule is CC(C)(C)OC(=O)N1CCCC(CNC(=O)c2sccc2Br)C1. The van der Waals surface area contributed by atoms with Gasteiger partial charge in [0.2, 0.25) is 0 Å². The van der Waals surface area contributed by atoms with Crippen LogP contribution in [-0.4, -0.2) is 42.1 Å². The minimum absolute atomic E-state index is 0.0683. The second-order valence-corrected chi connectivity index (χ2v) is 8.51. The average molecular weight is 403 g/mol. The van der Waals surface area contributed by atoms with Gasteiger partial charge in [0.15, 0.2) is 0 Å². The second-order valence-electron chi connectivity index (χ2n) is 6.74. The van der Waals surface area contributed by atoms with E-state index in [4.69, 9.17) is 4.74 Å². The summed E-state index contributed by atoms with van der Waals surface area (Å²) in [5, 5.41) is 4.84. The Kier molecular flexibility index (Phi) is 6.08. The van der Waals surface area contributed by atoms with Crippen LogP contribution in [0.3, 0.4) is 0 Å². The van der Waals surface area contributed by atoms with Crippen molar-refractivity contribution in [3.8, 4) is 0 Å². The molecule has 1 unspecified atom stereocenters. The summed E-state index contributed by atoms with van der Waals surface area (Å²) in [6.07, 6.45) is 1.67. The smallest absolute Gasteiger partial charge is 0.410 e. The highest BCUT2D eigenvalue weighted by molar-refractivity contribution is 9.10. The van der Waals surface area contributed by atoms with E-state index < -0.39 is 5.60 Å². The Morgan fingerprint density at radius 1 is 1.48 bits per heavy atom. The first kappa shape index (κ1) is 18.3. The lowest BCUT2D eigenvalue weighted by atomic mass is 9.98. The van der Waals surface area contributed by atoms with Crippen molar-refractivity contribution in [3.05, 3.63) is 20.8 Å². The molecular formula is C16H23BrN2O3S. The largest absolute Gasteiger partial charge is 0.444 e. The molecule has 2 rings (SSSR count). The zero-order valence-corrected chi connectivity index (χ0v) is 16.1. The van der Waals surface area contributed by atoms with Gasteiger partial charge in [-0.15, -0.1) is 11.3 Å². The number of ether oxygens (including phenoxy) is 1. The molecule has 1 aliphatic heterocycles. The monoisotopic (exact) mass is 402 g/mol. The molecule has 1 aromatic heterocycles. The fourth-order valence-electron chi connectivity index (χ4n) is 2.50. The highest BCUT2D eigenvalue weighted by Gasteiger charge is 2.28. The molecule has 1 aliphatic rings. The van der Waals surface area contributed by atoms with E-state index in [9.17, 15) is 9.59 Å². The van der Waals surface area contributed by atoms with E-state index in [1.807, 2.05) is 32.2 Å². The molecule has 1 N–H and O–H groups in total. The highest BCUT2D eigenvalue weighted by atomic mass is 79.9. The quantitative estimate of drug-likeness (QED) is 0.833. The fraction of sp³-hybridized carbons (Fsp3) is 0.625. The molecule has 2 amide bonds. The topological polar surface area (TPSA) is 58.6 Å². The van der Waals surface area contributed by atoms with Crippen LogP contribution in [0.25, 0.3) is 0 Å². The molecule has 1 atom stereocenters. The summed E-state index contributed by atoms with van der Waals surface area (Å²) in [7, 11) is 0. The molecule has 1 saturated heterocycles. The first-order valence-corrected chi connectivity index (χ1v) is 9.42. The number of thiophene rings is 1. The van der Waals surface area contributed by atoms with Crippen molar-refractivity contribution in [2.75, 3.05) is 19.6 Å². The van der Waals surface area contributed by atoms with Crippen LogP contribution in [-0.2, 0) is 4.74 Å². The van der Waals surface area contributed by atoms with Crippen molar-refractivity contribution in [1.82, 2.24) is 10.2 Å². The lowest BCUT2D eigenvalue weighted by molar-refractivity contribution is 0.0167. The zero-order chi connectivity index (χ0) is 17.0. The summed E-state index contributed by atoms with van der Waals surface area (Å²) in [6, 6.07) is 1.87. The molecule has 0 saturated carbocycles. The van der Waals surface area contributed by atoms with Crippen LogP contribution in [0, 0.1) is 5.92 Å². The van der Waals surface area contributed by atoms with E-state index in [1.54, 1.807) is 4.90 Å². The van der Waals surface area contributed by atoms with Crippen LogP contribution in [0.1, 0.15) is 43.3 Å². The summed E-state index contributed by atoms with van der Waals surface area (Å²) >= 11 is 4.78. The van der Waals surface area contributed by atoms with Crippen LogP contribution in [0.15, 0.2) is 15.9 Å². The van der Waals surface area contributed by atoms with E-state index in [2.05, 4.69) is 21.2 Å². The lowest BCUT2D eigenvalue weighted by Gasteiger charge is -2.34. The third-order valence-corrected chi connectivity index (χ3v) is 5.38. The predicted octanol–water partition coefficient (Wildman–Crippen LogP) is 3.89. The molecule has 0 aromatic carbocycles. The summed E-state index contributed by atoms with van der Waals surface area (Å²) < 4.78 is 6.24. The third-order valence-electron chi connectivity index (χ3n) is 3.55. The molecule has 23 heavy (non-hydrogen) atoms. The standard InChI is InChI=1S/C16H23BrN2O3S/c1-16(2,3)22-15(21)19-7-4-5-11(10-19)9-18-14(20)13-12(17)6-8-23-13/h6,8,11H,4-5,7,9-10H2,1-3H3,(H,18,20). The van der Waals surface area contributed by atoms with Gasteiger partial charge in [-0.25, -0.2) is 4.79 Å². The maximum absolute atomic E-state index is 12.1. The van der Waals surface area contributed by atoms with Gasteiger partial charge in [-0.1, -0.05) is 0 Å². The minimum Gasteiger partial charge on any atom is -0.444 e. The van der Waals surface area contributed by atoms with Crippen molar-refractivity contribution in [2.24, 2.45) is 5.92 Å². The van der Waals surface area contributed by atoms with Gasteiger partial charge in [-0.2, -0.15) is 0 Å². The van der Waals surface area contributed by atoms with Gasteiger partial charge in [0.05, 0.1) is 0 Å².